The molecular weight excluding hydrogens is 398 g/mol. The summed E-state index contributed by atoms with van der Waals surface area (Å²) in [5.74, 6) is -0.300. The highest BCUT2D eigenvalue weighted by molar-refractivity contribution is 9.10. The molecule has 0 aliphatic carbocycles. The summed E-state index contributed by atoms with van der Waals surface area (Å²) in [6, 6.07) is 11.9. The van der Waals surface area contributed by atoms with Crippen molar-refractivity contribution in [2.24, 2.45) is 4.40 Å². The van der Waals surface area contributed by atoms with Gasteiger partial charge in [-0.05, 0) is 51.0 Å². The number of rotatable bonds is 4. The average molecular weight is 418 g/mol. The number of aromatic nitrogens is 1. The zero-order chi connectivity index (χ0) is 18.6. The summed E-state index contributed by atoms with van der Waals surface area (Å²) < 4.78 is 17.1. The van der Waals surface area contributed by atoms with E-state index in [4.69, 9.17) is 0 Å². The Labute approximate surface area is 159 Å². The van der Waals surface area contributed by atoms with Crippen LogP contribution in [0.15, 0.2) is 45.4 Å². The smallest absolute Gasteiger partial charge is 0.144 e. The van der Waals surface area contributed by atoms with Crippen molar-refractivity contribution in [2.75, 3.05) is 0 Å². The highest BCUT2D eigenvalue weighted by Crippen LogP contribution is 2.28. The topological polar surface area (TPSA) is 66.1 Å². The Morgan fingerprint density at radius 2 is 2.08 bits per heavy atom. The van der Waals surface area contributed by atoms with Crippen LogP contribution in [0.3, 0.4) is 0 Å². The molecule has 0 N–H and O–H groups in total. The van der Waals surface area contributed by atoms with Crippen molar-refractivity contribution in [3.8, 4) is 6.07 Å². The second-order valence-electron chi connectivity index (χ2n) is 6.71. The summed E-state index contributed by atoms with van der Waals surface area (Å²) >= 11 is 3.48. The van der Waals surface area contributed by atoms with Crippen LogP contribution in [0.5, 0.6) is 0 Å². The summed E-state index contributed by atoms with van der Waals surface area (Å²) in [7, 11) is -1.37. The normalized spacial score (nSPS) is 14.2. The number of hydrogen-bond donors (Lipinski definition) is 0. The van der Waals surface area contributed by atoms with Crippen molar-refractivity contribution in [2.45, 2.75) is 38.4 Å². The van der Waals surface area contributed by atoms with Crippen LogP contribution < -0.4 is 0 Å². The summed E-state index contributed by atoms with van der Waals surface area (Å²) in [5.41, 5.74) is 3.02. The van der Waals surface area contributed by atoms with Gasteiger partial charge in [-0.15, -0.1) is 0 Å². The molecule has 0 amide bonds. The van der Waals surface area contributed by atoms with Gasteiger partial charge in [0.05, 0.1) is 4.75 Å². The third-order valence-corrected chi connectivity index (χ3v) is 5.39. The van der Waals surface area contributed by atoms with Crippen LogP contribution >= 0.6 is 15.9 Å². The summed E-state index contributed by atoms with van der Waals surface area (Å²) in [4.78, 5) is 4.23. The van der Waals surface area contributed by atoms with E-state index in [-0.39, 0.29) is 5.92 Å². The van der Waals surface area contributed by atoms with Gasteiger partial charge < -0.3 is 0 Å². The molecule has 1 aromatic heterocycles. The zero-order valence-electron chi connectivity index (χ0n) is 14.7. The monoisotopic (exact) mass is 417 g/mol. The van der Waals surface area contributed by atoms with Gasteiger partial charge in [0.2, 0.25) is 0 Å². The lowest BCUT2D eigenvalue weighted by Crippen LogP contribution is -2.20. The van der Waals surface area contributed by atoms with E-state index in [1.54, 1.807) is 12.4 Å². The first-order valence-corrected chi connectivity index (χ1v) is 9.70. The Balaban J connectivity index is 2.58. The SMILES string of the molecule is Cc1cnc(C#N)c(C(C=NS(=O)C(C)(C)C)c2cccc(Br)c2)c1. The molecule has 1 aromatic carbocycles. The molecule has 0 aliphatic heterocycles. The van der Waals surface area contributed by atoms with Crippen LogP contribution in [0.2, 0.25) is 0 Å². The number of nitrogens with zero attached hydrogens (tertiary/aromatic N) is 3. The Hall–Kier alpha value is -1.84. The molecule has 0 bridgehead atoms. The second kappa shape index (κ2) is 8.03. The van der Waals surface area contributed by atoms with Gasteiger partial charge in [-0.3, -0.25) is 0 Å². The number of benzene rings is 1. The Bertz CT molecular complexity index is 866. The molecular formula is C19H20BrN3OS. The molecule has 25 heavy (non-hydrogen) atoms. The van der Waals surface area contributed by atoms with Crippen molar-refractivity contribution >= 4 is 33.1 Å². The van der Waals surface area contributed by atoms with Crippen LogP contribution in [-0.2, 0) is 11.0 Å². The van der Waals surface area contributed by atoms with Crippen LogP contribution in [0.1, 0.15) is 49.1 Å². The predicted molar refractivity (Wildman–Crippen MR) is 106 cm³/mol. The predicted octanol–water partition coefficient (Wildman–Crippen LogP) is 4.69. The van der Waals surface area contributed by atoms with Crippen molar-refractivity contribution in [1.29, 1.82) is 5.26 Å². The summed E-state index contributed by atoms with van der Waals surface area (Å²) in [6.45, 7) is 7.57. The molecule has 0 radical (unpaired) electrons. The van der Waals surface area contributed by atoms with E-state index in [9.17, 15) is 9.47 Å². The van der Waals surface area contributed by atoms with Gasteiger partial charge >= 0.3 is 0 Å². The molecule has 2 unspecified atom stereocenters. The molecule has 0 saturated heterocycles. The van der Waals surface area contributed by atoms with E-state index in [1.807, 2.05) is 58.0 Å². The molecule has 0 aliphatic rings. The third-order valence-electron chi connectivity index (χ3n) is 3.53. The average Bonchev–Trinajstić information content (AvgIpc) is 2.54. The number of nitriles is 1. The van der Waals surface area contributed by atoms with Crippen LogP contribution in [0.4, 0.5) is 0 Å². The molecule has 2 aromatic rings. The van der Waals surface area contributed by atoms with E-state index < -0.39 is 15.7 Å². The van der Waals surface area contributed by atoms with E-state index in [1.165, 1.54) is 0 Å². The second-order valence-corrected chi connectivity index (χ2v) is 9.56. The highest BCUT2D eigenvalue weighted by Gasteiger charge is 2.21. The van der Waals surface area contributed by atoms with Gasteiger partial charge in [0.25, 0.3) is 0 Å². The zero-order valence-corrected chi connectivity index (χ0v) is 17.1. The maximum absolute atomic E-state index is 12.3. The molecule has 130 valence electrons. The first-order valence-electron chi connectivity index (χ1n) is 7.80. The third kappa shape index (κ3) is 5.07. The number of halogens is 1. The van der Waals surface area contributed by atoms with Crippen molar-refractivity contribution < 1.29 is 4.21 Å². The maximum atomic E-state index is 12.3. The lowest BCUT2D eigenvalue weighted by atomic mass is 9.90. The van der Waals surface area contributed by atoms with Gasteiger partial charge in [-0.2, -0.15) is 9.66 Å². The quantitative estimate of drug-likeness (QED) is 0.677. The van der Waals surface area contributed by atoms with E-state index in [0.717, 1.165) is 21.2 Å². The molecule has 2 atom stereocenters. The number of aryl methyl sites for hydroxylation is 1. The fourth-order valence-corrected chi connectivity index (χ4v) is 3.21. The van der Waals surface area contributed by atoms with Crippen LogP contribution in [0.25, 0.3) is 0 Å². The van der Waals surface area contributed by atoms with Gasteiger partial charge in [-0.25, -0.2) is 9.19 Å². The number of hydrogen-bond acceptors (Lipinski definition) is 3. The standard InChI is InChI=1S/C19H20BrN3OS/c1-13-8-16(18(10-21)22-11-13)17(12-23-25(24)19(2,3)4)14-6-5-7-15(20)9-14/h5-9,11-12,17H,1-4H3. The Kier molecular flexibility index (Phi) is 6.26. The fraction of sp³-hybridized carbons (Fsp3) is 0.316. The Morgan fingerprint density at radius 3 is 2.68 bits per heavy atom. The molecule has 1 heterocycles. The minimum atomic E-state index is -1.37. The van der Waals surface area contributed by atoms with Gasteiger partial charge in [0.1, 0.15) is 22.7 Å². The van der Waals surface area contributed by atoms with Crippen molar-refractivity contribution in [3.05, 3.63) is 63.4 Å². The largest absolute Gasteiger partial charge is 0.245 e. The minimum Gasteiger partial charge on any atom is -0.245 e. The molecule has 4 nitrogen and oxygen atoms in total. The number of pyridine rings is 1. The molecule has 0 spiro atoms. The maximum Gasteiger partial charge on any atom is 0.144 e. The first kappa shape index (κ1) is 19.5. The van der Waals surface area contributed by atoms with Crippen molar-refractivity contribution in [3.63, 3.8) is 0 Å². The first-order chi connectivity index (χ1) is 11.7. The fourth-order valence-electron chi connectivity index (χ4n) is 2.24. The minimum absolute atomic E-state index is 0.300. The lowest BCUT2D eigenvalue weighted by molar-refractivity contribution is 0.650. The van der Waals surface area contributed by atoms with Gasteiger partial charge in [0.15, 0.2) is 0 Å². The van der Waals surface area contributed by atoms with Gasteiger partial charge in [0, 0.05) is 28.4 Å². The Morgan fingerprint density at radius 1 is 1.36 bits per heavy atom. The molecule has 0 saturated carbocycles. The van der Waals surface area contributed by atoms with Crippen LogP contribution in [-0.4, -0.2) is 20.2 Å². The highest BCUT2D eigenvalue weighted by atomic mass is 79.9. The van der Waals surface area contributed by atoms with E-state index in [2.05, 4.69) is 31.4 Å². The van der Waals surface area contributed by atoms with Gasteiger partial charge in [-0.1, -0.05) is 34.1 Å². The summed E-state index contributed by atoms with van der Waals surface area (Å²) in [6.07, 6.45) is 3.34. The molecule has 0 fully saturated rings. The van der Waals surface area contributed by atoms with Crippen LogP contribution in [0, 0.1) is 18.3 Å². The molecule has 6 heteroatoms. The summed E-state index contributed by atoms with van der Waals surface area (Å²) in [5, 5.41) is 9.44. The van der Waals surface area contributed by atoms with Crippen molar-refractivity contribution in [1.82, 2.24) is 4.98 Å². The van der Waals surface area contributed by atoms with E-state index in [0.29, 0.717) is 5.69 Å². The molecule has 2 rings (SSSR count). The lowest BCUT2D eigenvalue weighted by Gasteiger charge is -2.17. The van der Waals surface area contributed by atoms with E-state index >= 15 is 0 Å².